The molecule has 1 aromatic heterocycles. The number of hydrogen-bond donors (Lipinski definition) is 0. The molecular formula is C11H18BrN3O2S. The van der Waals surface area contributed by atoms with E-state index in [1.807, 2.05) is 0 Å². The van der Waals surface area contributed by atoms with E-state index in [0.29, 0.717) is 19.0 Å². The van der Waals surface area contributed by atoms with Gasteiger partial charge in [0.1, 0.15) is 0 Å². The molecule has 5 nitrogen and oxygen atoms in total. The van der Waals surface area contributed by atoms with Gasteiger partial charge in [0.15, 0.2) is 5.03 Å². The number of aromatic nitrogens is 2. The zero-order chi connectivity index (χ0) is 13.2. The molecule has 2 heterocycles. The highest BCUT2D eigenvalue weighted by Crippen LogP contribution is 2.25. The van der Waals surface area contributed by atoms with Crippen LogP contribution >= 0.6 is 15.9 Å². The minimum Gasteiger partial charge on any atom is -0.256 e. The number of sulfonamides is 1. The van der Waals surface area contributed by atoms with Gasteiger partial charge < -0.3 is 0 Å². The molecule has 1 saturated heterocycles. The molecule has 1 aliphatic rings. The summed E-state index contributed by atoms with van der Waals surface area (Å²) < 4.78 is 28.0. The van der Waals surface area contributed by atoms with Crippen LogP contribution in [0.3, 0.4) is 0 Å². The summed E-state index contributed by atoms with van der Waals surface area (Å²) in [4.78, 5) is 0. The fraction of sp³-hybridized carbons (Fsp3) is 0.727. The Kier molecular flexibility index (Phi) is 4.45. The number of alkyl halides is 1. The molecule has 102 valence electrons. The Bertz CT molecular complexity index is 498. The van der Waals surface area contributed by atoms with Gasteiger partial charge in [-0.2, -0.15) is 9.40 Å². The molecule has 0 aliphatic carbocycles. The van der Waals surface area contributed by atoms with E-state index in [-0.39, 0.29) is 5.03 Å². The third-order valence-electron chi connectivity index (χ3n) is 3.38. The third-order valence-corrected chi connectivity index (χ3v) is 5.78. The molecule has 1 fully saturated rings. The van der Waals surface area contributed by atoms with E-state index in [2.05, 4.69) is 21.0 Å². The Morgan fingerprint density at radius 2 is 2.33 bits per heavy atom. The second-order valence-electron chi connectivity index (χ2n) is 4.64. The largest absolute Gasteiger partial charge is 0.260 e. The average molecular weight is 336 g/mol. The molecule has 2 rings (SSSR count). The molecule has 18 heavy (non-hydrogen) atoms. The highest BCUT2D eigenvalue weighted by atomic mass is 79.9. The van der Waals surface area contributed by atoms with E-state index in [1.165, 1.54) is 10.9 Å². The van der Waals surface area contributed by atoms with Crippen LogP contribution < -0.4 is 0 Å². The summed E-state index contributed by atoms with van der Waals surface area (Å²) in [5.41, 5.74) is 0. The molecule has 7 heteroatoms. The van der Waals surface area contributed by atoms with Crippen molar-refractivity contribution in [3.8, 4) is 0 Å². The average Bonchev–Trinajstić information content (AvgIpc) is 2.77. The Hall–Kier alpha value is -0.400. The minimum absolute atomic E-state index is 0.280. The van der Waals surface area contributed by atoms with Crippen molar-refractivity contribution in [2.75, 3.05) is 18.4 Å². The smallest absolute Gasteiger partial charge is 0.256 e. The van der Waals surface area contributed by atoms with Crippen molar-refractivity contribution in [2.45, 2.75) is 24.3 Å². The molecule has 0 radical (unpaired) electrons. The van der Waals surface area contributed by atoms with Crippen molar-refractivity contribution in [2.24, 2.45) is 13.0 Å². The Morgan fingerprint density at radius 3 is 2.94 bits per heavy atom. The van der Waals surface area contributed by atoms with Gasteiger partial charge in [0.25, 0.3) is 10.0 Å². The van der Waals surface area contributed by atoms with Crippen LogP contribution in [0.5, 0.6) is 0 Å². The summed E-state index contributed by atoms with van der Waals surface area (Å²) in [6, 6.07) is 1.56. The van der Waals surface area contributed by atoms with Crippen molar-refractivity contribution in [3.05, 3.63) is 12.3 Å². The van der Waals surface area contributed by atoms with Crippen LogP contribution in [-0.2, 0) is 17.1 Å². The summed E-state index contributed by atoms with van der Waals surface area (Å²) in [6.45, 7) is 1.24. The SMILES string of the molecule is Cn1nccc1S(=O)(=O)N1CCCC(CCBr)C1. The molecule has 1 aliphatic heterocycles. The van der Waals surface area contributed by atoms with Crippen molar-refractivity contribution in [1.82, 2.24) is 14.1 Å². The molecule has 0 saturated carbocycles. The van der Waals surface area contributed by atoms with Gasteiger partial charge in [0.05, 0.1) is 6.20 Å². The lowest BCUT2D eigenvalue weighted by Gasteiger charge is -2.31. The second-order valence-corrected chi connectivity index (χ2v) is 7.32. The molecule has 1 aromatic rings. The van der Waals surface area contributed by atoms with Crippen LogP contribution in [0.2, 0.25) is 0 Å². The van der Waals surface area contributed by atoms with Crippen LogP contribution in [-0.4, -0.2) is 40.9 Å². The summed E-state index contributed by atoms with van der Waals surface area (Å²) in [5.74, 6) is 0.459. The lowest BCUT2D eigenvalue weighted by molar-refractivity contribution is 0.261. The molecule has 0 aromatic carbocycles. The van der Waals surface area contributed by atoms with Crippen molar-refractivity contribution in [3.63, 3.8) is 0 Å². The van der Waals surface area contributed by atoms with E-state index in [4.69, 9.17) is 0 Å². The summed E-state index contributed by atoms with van der Waals surface area (Å²) in [7, 11) is -1.72. The van der Waals surface area contributed by atoms with E-state index in [9.17, 15) is 8.42 Å². The molecule has 1 unspecified atom stereocenters. The molecule has 0 bridgehead atoms. The minimum atomic E-state index is -3.38. The first kappa shape index (κ1) is 14.0. The molecule has 0 spiro atoms. The Balaban J connectivity index is 2.18. The summed E-state index contributed by atoms with van der Waals surface area (Å²) >= 11 is 3.42. The van der Waals surface area contributed by atoms with Crippen LogP contribution in [0, 0.1) is 5.92 Å². The number of aryl methyl sites for hydroxylation is 1. The normalized spacial score (nSPS) is 22.2. The topological polar surface area (TPSA) is 55.2 Å². The van der Waals surface area contributed by atoms with Gasteiger partial charge in [0, 0.05) is 25.5 Å². The molecule has 1 atom stereocenters. The first-order chi connectivity index (χ1) is 8.55. The van der Waals surface area contributed by atoms with Crippen molar-refractivity contribution in [1.29, 1.82) is 0 Å². The standard InChI is InChI=1S/C11H18BrN3O2S/c1-14-11(5-7-13-14)18(16,17)15-8-2-3-10(9-15)4-6-12/h5,7,10H,2-4,6,8-9H2,1H3. The summed E-state index contributed by atoms with van der Waals surface area (Å²) in [6.07, 6.45) is 4.60. The van der Waals surface area contributed by atoms with Gasteiger partial charge in [-0.25, -0.2) is 8.42 Å². The monoisotopic (exact) mass is 335 g/mol. The number of halogens is 1. The highest BCUT2D eigenvalue weighted by molar-refractivity contribution is 9.09. The predicted molar refractivity (Wildman–Crippen MR) is 73.1 cm³/mol. The lowest BCUT2D eigenvalue weighted by Crippen LogP contribution is -2.40. The number of nitrogens with zero attached hydrogens (tertiary/aromatic N) is 3. The number of hydrogen-bond acceptors (Lipinski definition) is 3. The first-order valence-electron chi connectivity index (χ1n) is 6.10. The van der Waals surface area contributed by atoms with Gasteiger partial charge >= 0.3 is 0 Å². The number of piperidine rings is 1. The molecule has 0 amide bonds. The zero-order valence-corrected chi connectivity index (χ0v) is 12.8. The van der Waals surface area contributed by atoms with Crippen molar-refractivity contribution >= 4 is 26.0 Å². The fourth-order valence-corrected chi connectivity index (χ4v) is 4.68. The van der Waals surface area contributed by atoms with Gasteiger partial charge in [-0.15, -0.1) is 0 Å². The van der Waals surface area contributed by atoms with Crippen LogP contribution in [0.4, 0.5) is 0 Å². The molecular weight excluding hydrogens is 318 g/mol. The second kappa shape index (κ2) is 5.71. The van der Waals surface area contributed by atoms with Crippen LogP contribution in [0.15, 0.2) is 17.3 Å². The highest BCUT2D eigenvalue weighted by Gasteiger charge is 2.31. The van der Waals surface area contributed by atoms with Gasteiger partial charge in [-0.3, -0.25) is 4.68 Å². The Labute approximate surface area is 116 Å². The van der Waals surface area contributed by atoms with Gasteiger partial charge in [-0.05, 0) is 31.2 Å². The maximum absolute atomic E-state index is 12.5. The lowest BCUT2D eigenvalue weighted by atomic mass is 9.97. The maximum atomic E-state index is 12.5. The maximum Gasteiger partial charge on any atom is 0.260 e. The molecule has 0 N–H and O–H groups in total. The van der Waals surface area contributed by atoms with E-state index in [1.54, 1.807) is 17.4 Å². The van der Waals surface area contributed by atoms with Crippen molar-refractivity contribution < 1.29 is 8.42 Å². The fourth-order valence-electron chi connectivity index (χ4n) is 2.38. The van der Waals surface area contributed by atoms with E-state index >= 15 is 0 Å². The van der Waals surface area contributed by atoms with E-state index < -0.39 is 10.0 Å². The van der Waals surface area contributed by atoms with Gasteiger partial charge in [-0.1, -0.05) is 15.9 Å². The quantitative estimate of drug-likeness (QED) is 0.785. The van der Waals surface area contributed by atoms with Gasteiger partial charge in [0.2, 0.25) is 0 Å². The first-order valence-corrected chi connectivity index (χ1v) is 8.66. The third kappa shape index (κ3) is 2.78. The number of rotatable bonds is 4. The Morgan fingerprint density at radius 1 is 1.56 bits per heavy atom. The van der Waals surface area contributed by atoms with E-state index in [0.717, 1.165) is 24.6 Å². The van der Waals surface area contributed by atoms with Crippen LogP contribution in [0.1, 0.15) is 19.3 Å². The summed E-state index contributed by atoms with van der Waals surface area (Å²) in [5, 5.41) is 5.14. The van der Waals surface area contributed by atoms with Crippen LogP contribution in [0.25, 0.3) is 0 Å². The predicted octanol–water partition coefficient (Wildman–Crippen LogP) is 1.61. The zero-order valence-electron chi connectivity index (χ0n) is 10.4.